The normalized spacial score (nSPS) is 12.3. The van der Waals surface area contributed by atoms with E-state index in [0.29, 0.717) is 0 Å². The highest BCUT2D eigenvalue weighted by atomic mass is 14.2. The van der Waals surface area contributed by atoms with Crippen molar-refractivity contribution in [3.05, 3.63) is 144 Å². The van der Waals surface area contributed by atoms with Crippen LogP contribution in [0.15, 0.2) is 127 Å². The molecule has 0 radical (unpaired) electrons. The molecule has 0 N–H and O–H groups in total. The summed E-state index contributed by atoms with van der Waals surface area (Å²) in [7, 11) is 0. The van der Waals surface area contributed by atoms with E-state index in [2.05, 4.69) is 160 Å². The molecule has 0 spiro atoms. The van der Waals surface area contributed by atoms with Crippen molar-refractivity contribution >= 4 is 44.5 Å². The molecular weight excluding hydrogens is 480 g/mol. The van der Waals surface area contributed by atoms with Crippen molar-refractivity contribution in [3.63, 3.8) is 0 Å². The summed E-state index contributed by atoms with van der Waals surface area (Å²) in [6.45, 7) is 6.92. The number of benzene rings is 7. The largest absolute Gasteiger partial charge is 0.0622 e. The Morgan fingerprint density at radius 1 is 0.475 bits per heavy atom. The Balaban J connectivity index is 1.65. The van der Waals surface area contributed by atoms with Gasteiger partial charge >= 0.3 is 0 Å². The van der Waals surface area contributed by atoms with E-state index < -0.39 is 0 Å². The Morgan fingerprint density at radius 3 is 1.70 bits per heavy atom. The highest BCUT2D eigenvalue weighted by molar-refractivity contribution is 6.29. The van der Waals surface area contributed by atoms with E-state index in [1.165, 1.54) is 71.3 Å². The van der Waals surface area contributed by atoms with Gasteiger partial charge in [-0.05, 0) is 94.9 Å². The van der Waals surface area contributed by atoms with Crippen molar-refractivity contribution < 1.29 is 0 Å². The molecule has 40 heavy (non-hydrogen) atoms. The minimum Gasteiger partial charge on any atom is -0.0622 e. The molecule has 192 valence electrons. The molecule has 0 bridgehead atoms. The minimum absolute atomic E-state index is 0.0509. The summed E-state index contributed by atoms with van der Waals surface area (Å²) in [4.78, 5) is 0. The summed E-state index contributed by atoms with van der Waals surface area (Å²) in [5.41, 5.74) is 8.92. The van der Waals surface area contributed by atoms with Crippen molar-refractivity contribution in [2.45, 2.75) is 26.2 Å². The van der Waals surface area contributed by atoms with E-state index in [4.69, 9.17) is 0 Å². The molecule has 0 nitrogen and oxygen atoms in total. The van der Waals surface area contributed by atoms with Crippen LogP contribution in [0.4, 0.5) is 0 Å². The molecule has 0 aliphatic carbocycles. The van der Waals surface area contributed by atoms with Crippen LogP contribution in [0.5, 0.6) is 0 Å². The van der Waals surface area contributed by atoms with Crippen LogP contribution in [-0.4, -0.2) is 0 Å². The van der Waals surface area contributed by atoms with Gasteiger partial charge in [0.2, 0.25) is 0 Å². The first-order chi connectivity index (χ1) is 19.5. The summed E-state index contributed by atoms with van der Waals surface area (Å²) in [5, 5.41) is 7.93. The van der Waals surface area contributed by atoms with E-state index in [1.807, 2.05) is 0 Å². The molecule has 0 fully saturated rings. The third-order valence-corrected chi connectivity index (χ3v) is 8.16. The van der Waals surface area contributed by atoms with Crippen LogP contribution >= 0.6 is 0 Å². The van der Waals surface area contributed by atoms with Crippen molar-refractivity contribution in [2.24, 2.45) is 0 Å². The molecule has 7 rings (SSSR count). The fourth-order valence-corrected chi connectivity index (χ4v) is 6.05. The highest BCUT2D eigenvalue weighted by Gasteiger charge is 2.21. The second-order valence-electron chi connectivity index (χ2n) is 11.8. The lowest BCUT2D eigenvalue weighted by Gasteiger charge is -2.24. The highest BCUT2D eigenvalue weighted by Crippen LogP contribution is 2.46. The van der Waals surface area contributed by atoms with Gasteiger partial charge in [-0.15, -0.1) is 0 Å². The van der Waals surface area contributed by atoms with Crippen LogP contribution in [0, 0.1) is 0 Å². The minimum atomic E-state index is 0.0509. The lowest BCUT2D eigenvalue weighted by Crippen LogP contribution is -2.11. The monoisotopic (exact) mass is 512 g/mol. The molecule has 0 heteroatoms. The van der Waals surface area contributed by atoms with Gasteiger partial charge in [-0.2, -0.15) is 0 Å². The molecule has 0 heterocycles. The molecule has 7 aromatic rings. The van der Waals surface area contributed by atoms with Crippen LogP contribution in [0.2, 0.25) is 0 Å². The average Bonchev–Trinajstić information content (AvgIpc) is 2.99. The molecular formula is C40H32. The maximum absolute atomic E-state index is 2.43. The van der Waals surface area contributed by atoms with Gasteiger partial charge < -0.3 is 0 Å². The van der Waals surface area contributed by atoms with Gasteiger partial charge in [0, 0.05) is 0 Å². The predicted molar refractivity (Wildman–Crippen MR) is 175 cm³/mol. The van der Waals surface area contributed by atoms with E-state index in [0.717, 1.165) is 0 Å². The van der Waals surface area contributed by atoms with Crippen molar-refractivity contribution in [3.8, 4) is 22.3 Å². The smallest absolute Gasteiger partial charge is 0.00139 e. The Kier molecular flexibility index (Phi) is 5.79. The van der Waals surface area contributed by atoms with E-state index >= 15 is 0 Å². The first kappa shape index (κ1) is 24.4. The van der Waals surface area contributed by atoms with Crippen molar-refractivity contribution in [1.29, 1.82) is 0 Å². The van der Waals surface area contributed by atoms with Gasteiger partial charge in [-0.1, -0.05) is 142 Å². The van der Waals surface area contributed by atoms with Gasteiger partial charge in [0.05, 0.1) is 0 Å². The number of hydrogen-bond donors (Lipinski definition) is 0. The number of rotatable bonds is 4. The van der Waals surface area contributed by atoms with Crippen LogP contribution in [0.3, 0.4) is 0 Å². The zero-order valence-corrected chi connectivity index (χ0v) is 23.3. The van der Waals surface area contributed by atoms with Crippen LogP contribution in [-0.2, 0) is 5.41 Å². The van der Waals surface area contributed by atoms with Gasteiger partial charge in [0.15, 0.2) is 0 Å². The van der Waals surface area contributed by atoms with Gasteiger partial charge in [0.1, 0.15) is 0 Å². The first-order valence-corrected chi connectivity index (χ1v) is 14.1. The molecule has 0 atom stereocenters. The summed E-state index contributed by atoms with van der Waals surface area (Å²) in [5.74, 6) is 0. The van der Waals surface area contributed by atoms with Crippen molar-refractivity contribution in [2.75, 3.05) is 0 Å². The van der Waals surface area contributed by atoms with Gasteiger partial charge in [-0.25, -0.2) is 0 Å². The summed E-state index contributed by atoms with van der Waals surface area (Å²) >= 11 is 0. The first-order valence-electron chi connectivity index (χ1n) is 14.1. The maximum Gasteiger partial charge on any atom is -0.00139 e. The Morgan fingerprint density at radius 2 is 1.07 bits per heavy atom. The summed E-state index contributed by atoms with van der Waals surface area (Å²) < 4.78 is 0. The standard InChI is InChI=1S/C40H32/c1-40(2,3)32-23-31-21-22-33-34(28-15-9-5-10-16-28)26-35(29-17-11-6-12-18-29)37-24-30(36(25-32)38(31)39(33)37)20-19-27-13-7-4-8-14-27/h4-26H,1-3H3. The van der Waals surface area contributed by atoms with E-state index in [9.17, 15) is 0 Å². The quantitative estimate of drug-likeness (QED) is 0.162. The third-order valence-electron chi connectivity index (χ3n) is 8.16. The summed E-state index contributed by atoms with van der Waals surface area (Å²) in [6.07, 6.45) is 4.55. The zero-order valence-electron chi connectivity index (χ0n) is 23.3. The average molecular weight is 513 g/mol. The molecule has 0 amide bonds. The van der Waals surface area contributed by atoms with Crippen LogP contribution < -0.4 is 0 Å². The fourth-order valence-electron chi connectivity index (χ4n) is 6.05. The van der Waals surface area contributed by atoms with Crippen molar-refractivity contribution in [1.82, 2.24) is 0 Å². The Labute approximate surface area is 236 Å². The molecule has 0 saturated heterocycles. The van der Waals surface area contributed by atoms with Gasteiger partial charge in [-0.3, -0.25) is 0 Å². The van der Waals surface area contributed by atoms with Gasteiger partial charge in [0.25, 0.3) is 0 Å². The van der Waals surface area contributed by atoms with Crippen LogP contribution in [0.25, 0.3) is 66.7 Å². The second kappa shape index (κ2) is 9.50. The fraction of sp³-hybridized carbons (Fsp3) is 0.100. The molecule has 0 aliphatic rings. The van der Waals surface area contributed by atoms with E-state index in [1.54, 1.807) is 0 Å². The zero-order chi connectivity index (χ0) is 27.3. The lowest BCUT2D eigenvalue weighted by atomic mass is 9.80. The topological polar surface area (TPSA) is 0 Å². The SMILES string of the molecule is CC(C)(C)c1cc2ccc3c(-c4ccccc4)cc(-c4ccccc4)c4cc(C=Cc5ccccc5)c(c1)c2c34. The summed E-state index contributed by atoms with van der Waals surface area (Å²) in [6, 6.07) is 46.6. The lowest BCUT2D eigenvalue weighted by molar-refractivity contribution is 0.591. The maximum atomic E-state index is 2.43. The third kappa shape index (κ3) is 4.17. The number of hydrogen-bond acceptors (Lipinski definition) is 0. The molecule has 0 saturated carbocycles. The molecule has 0 aliphatic heterocycles. The molecule has 7 aromatic carbocycles. The Hall–Kier alpha value is -4.68. The van der Waals surface area contributed by atoms with E-state index in [-0.39, 0.29) is 5.41 Å². The molecule has 0 aromatic heterocycles. The molecule has 0 unspecified atom stereocenters. The Bertz CT molecular complexity index is 1990. The van der Waals surface area contributed by atoms with Crippen LogP contribution in [0.1, 0.15) is 37.5 Å². The second-order valence-corrected chi connectivity index (χ2v) is 11.8. The predicted octanol–water partition coefficient (Wildman–Crippen LogP) is 11.4.